The van der Waals surface area contributed by atoms with Crippen LogP contribution >= 0.6 is 23.1 Å². The van der Waals surface area contributed by atoms with Crippen molar-refractivity contribution in [1.82, 2.24) is 9.55 Å². The normalized spacial score (nSPS) is 15.8. The molecule has 0 radical (unpaired) electrons. The Bertz CT molecular complexity index is 1440. The number of thioether (sulfide) groups is 1. The first-order chi connectivity index (χ1) is 16.7. The van der Waals surface area contributed by atoms with Gasteiger partial charge in [-0.25, -0.2) is 4.98 Å². The summed E-state index contributed by atoms with van der Waals surface area (Å²) in [4.78, 5) is 33.9. The van der Waals surface area contributed by atoms with Gasteiger partial charge in [0, 0.05) is 10.4 Å². The van der Waals surface area contributed by atoms with Crippen molar-refractivity contribution in [2.24, 2.45) is 11.3 Å². The molecule has 2 aromatic heterocycles. The molecule has 0 unspecified atom stereocenters. The molecule has 1 aliphatic rings. The zero-order chi connectivity index (χ0) is 24.7. The molecule has 5 rings (SSSR count). The third-order valence-electron chi connectivity index (χ3n) is 7.00. The fourth-order valence-corrected chi connectivity index (χ4v) is 7.05. The Balaban J connectivity index is 1.60. The van der Waals surface area contributed by atoms with Gasteiger partial charge in [-0.15, -0.1) is 11.3 Å². The number of thiophene rings is 1. The summed E-state index contributed by atoms with van der Waals surface area (Å²) in [6.45, 7) is 8.94. The monoisotopic (exact) mass is 502 g/mol. The Labute approximate surface area is 214 Å². The maximum absolute atomic E-state index is 14.0. The average molecular weight is 503 g/mol. The van der Waals surface area contributed by atoms with Crippen LogP contribution in [-0.4, -0.2) is 21.1 Å². The van der Waals surface area contributed by atoms with Gasteiger partial charge in [-0.3, -0.25) is 14.2 Å². The smallest absolute Gasteiger partial charge is 0.267 e. The summed E-state index contributed by atoms with van der Waals surface area (Å²) in [5.74, 6) is 0.851. The fraction of sp³-hybridized carbons (Fsp3) is 0.345. The number of benzene rings is 2. The quantitative estimate of drug-likeness (QED) is 0.170. The number of fused-ring (bicyclic) bond motifs is 3. The van der Waals surface area contributed by atoms with E-state index in [1.54, 1.807) is 15.9 Å². The lowest BCUT2D eigenvalue weighted by atomic mass is 9.72. The molecule has 0 spiro atoms. The molecule has 4 nitrogen and oxygen atoms in total. The predicted octanol–water partition coefficient (Wildman–Crippen LogP) is 6.88. The van der Waals surface area contributed by atoms with Crippen LogP contribution in [0, 0.1) is 18.3 Å². The van der Waals surface area contributed by atoms with Crippen LogP contribution < -0.4 is 5.56 Å². The number of nitrogens with zero attached hydrogens (tertiary/aromatic N) is 2. The second kappa shape index (κ2) is 9.40. The minimum absolute atomic E-state index is 0.0268. The number of ketones is 1. The first-order valence-electron chi connectivity index (χ1n) is 12.1. The van der Waals surface area contributed by atoms with Crippen molar-refractivity contribution in [3.8, 4) is 5.69 Å². The van der Waals surface area contributed by atoms with E-state index in [-0.39, 0.29) is 22.5 Å². The summed E-state index contributed by atoms with van der Waals surface area (Å²) in [7, 11) is 0. The topological polar surface area (TPSA) is 52.0 Å². The molecule has 0 bridgehead atoms. The van der Waals surface area contributed by atoms with Gasteiger partial charge in [-0.05, 0) is 55.2 Å². The van der Waals surface area contributed by atoms with E-state index >= 15 is 0 Å². The molecule has 180 valence electrons. The summed E-state index contributed by atoms with van der Waals surface area (Å²) >= 11 is 3.00. The van der Waals surface area contributed by atoms with Crippen molar-refractivity contribution in [3.63, 3.8) is 0 Å². The van der Waals surface area contributed by atoms with Crippen molar-refractivity contribution >= 4 is 39.1 Å². The van der Waals surface area contributed by atoms with Crippen LogP contribution in [0.15, 0.2) is 64.5 Å². The van der Waals surface area contributed by atoms with Gasteiger partial charge in [-0.2, -0.15) is 0 Å². The molecule has 1 aliphatic carbocycles. The average Bonchev–Trinajstić information content (AvgIpc) is 3.21. The lowest BCUT2D eigenvalue weighted by Crippen LogP contribution is -2.27. The number of hydrogen-bond acceptors (Lipinski definition) is 5. The van der Waals surface area contributed by atoms with Crippen molar-refractivity contribution in [1.29, 1.82) is 0 Å². The molecule has 4 aromatic rings. The summed E-state index contributed by atoms with van der Waals surface area (Å²) in [6.07, 6.45) is 3.01. The van der Waals surface area contributed by atoms with Gasteiger partial charge in [0.25, 0.3) is 5.56 Å². The van der Waals surface area contributed by atoms with E-state index in [9.17, 15) is 9.59 Å². The minimum atomic E-state index is -0.0276. The highest BCUT2D eigenvalue weighted by molar-refractivity contribution is 7.99. The summed E-state index contributed by atoms with van der Waals surface area (Å²) in [6, 6.07) is 17.2. The van der Waals surface area contributed by atoms with E-state index in [0.717, 1.165) is 40.7 Å². The van der Waals surface area contributed by atoms with E-state index in [0.29, 0.717) is 16.6 Å². The van der Waals surface area contributed by atoms with E-state index in [2.05, 4.69) is 20.8 Å². The first-order valence-corrected chi connectivity index (χ1v) is 13.9. The summed E-state index contributed by atoms with van der Waals surface area (Å²) in [5.41, 5.74) is 3.98. The van der Waals surface area contributed by atoms with Gasteiger partial charge in [0.05, 0.1) is 16.8 Å². The second-order valence-corrected chi connectivity index (χ2v) is 12.5. The Morgan fingerprint density at radius 3 is 2.51 bits per heavy atom. The van der Waals surface area contributed by atoms with Gasteiger partial charge in [0.1, 0.15) is 4.83 Å². The maximum atomic E-state index is 14.0. The number of Topliss-reactive ketones (excluding diaryl/α,β-unsaturated/α-hetero) is 1. The van der Waals surface area contributed by atoms with E-state index in [1.807, 2.05) is 61.5 Å². The molecule has 0 saturated heterocycles. The largest absolute Gasteiger partial charge is 0.293 e. The standard InChI is InChI=1S/C29H30N2O2S2/c1-18-10-13-21(14-11-18)31-27(33)25-22-15-12-20(29(2,3)4)16-24(22)35-26(25)30-28(31)34-17-23(32)19-8-6-5-7-9-19/h5-11,13-14,20H,12,15-17H2,1-4H3/t20-/m0/s1. The predicted molar refractivity (Wildman–Crippen MR) is 146 cm³/mol. The van der Waals surface area contributed by atoms with Gasteiger partial charge < -0.3 is 0 Å². The molecular formula is C29H30N2O2S2. The molecular weight excluding hydrogens is 472 g/mol. The van der Waals surface area contributed by atoms with Gasteiger partial charge in [0.15, 0.2) is 10.9 Å². The number of aromatic nitrogens is 2. The molecule has 35 heavy (non-hydrogen) atoms. The third-order valence-corrected chi connectivity index (χ3v) is 9.08. The van der Waals surface area contributed by atoms with Crippen LogP contribution in [-0.2, 0) is 12.8 Å². The number of hydrogen-bond donors (Lipinski definition) is 0. The number of carbonyl (C=O) groups is 1. The maximum Gasteiger partial charge on any atom is 0.267 e. The molecule has 0 amide bonds. The Morgan fingerprint density at radius 1 is 1.11 bits per heavy atom. The van der Waals surface area contributed by atoms with E-state index < -0.39 is 0 Å². The summed E-state index contributed by atoms with van der Waals surface area (Å²) < 4.78 is 1.70. The van der Waals surface area contributed by atoms with Crippen molar-refractivity contribution in [2.45, 2.75) is 52.1 Å². The van der Waals surface area contributed by atoms with Crippen LogP contribution in [0.3, 0.4) is 0 Å². The lowest BCUT2D eigenvalue weighted by molar-refractivity contribution is 0.102. The Morgan fingerprint density at radius 2 is 1.83 bits per heavy atom. The zero-order valence-corrected chi connectivity index (χ0v) is 22.3. The molecule has 0 N–H and O–H groups in total. The van der Waals surface area contributed by atoms with E-state index in [4.69, 9.17) is 4.98 Å². The third kappa shape index (κ3) is 4.74. The van der Waals surface area contributed by atoms with Crippen LogP contribution in [0.25, 0.3) is 15.9 Å². The molecule has 2 aromatic carbocycles. The molecule has 0 saturated carbocycles. The highest BCUT2D eigenvalue weighted by Crippen LogP contribution is 2.42. The molecule has 6 heteroatoms. The number of rotatable bonds is 5. The van der Waals surface area contributed by atoms with Crippen LogP contribution in [0.2, 0.25) is 0 Å². The molecule has 2 heterocycles. The first kappa shape index (κ1) is 24.0. The van der Waals surface area contributed by atoms with Crippen LogP contribution in [0.5, 0.6) is 0 Å². The van der Waals surface area contributed by atoms with Crippen LogP contribution in [0.1, 0.15) is 53.6 Å². The SMILES string of the molecule is Cc1ccc(-n2c(SCC(=O)c3ccccc3)nc3sc4c(c3c2=O)CC[C@H](C(C)(C)C)C4)cc1. The molecule has 0 fully saturated rings. The Hall–Kier alpha value is -2.70. The van der Waals surface area contributed by atoms with Gasteiger partial charge in [-0.1, -0.05) is 80.6 Å². The highest BCUT2D eigenvalue weighted by Gasteiger charge is 2.32. The van der Waals surface area contributed by atoms with Gasteiger partial charge >= 0.3 is 0 Å². The summed E-state index contributed by atoms with van der Waals surface area (Å²) in [5, 5.41) is 1.33. The highest BCUT2D eigenvalue weighted by atomic mass is 32.2. The zero-order valence-electron chi connectivity index (χ0n) is 20.6. The number of carbonyl (C=O) groups excluding carboxylic acids is 1. The molecule has 0 aliphatic heterocycles. The second-order valence-electron chi connectivity index (χ2n) is 10.4. The fourth-order valence-electron chi connectivity index (χ4n) is 4.80. The Kier molecular flexibility index (Phi) is 6.45. The molecule has 1 atom stereocenters. The van der Waals surface area contributed by atoms with Gasteiger partial charge in [0.2, 0.25) is 0 Å². The van der Waals surface area contributed by atoms with Crippen molar-refractivity contribution < 1.29 is 4.79 Å². The minimum Gasteiger partial charge on any atom is -0.293 e. The lowest BCUT2D eigenvalue weighted by Gasteiger charge is -2.33. The van der Waals surface area contributed by atoms with E-state index in [1.165, 1.54) is 22.2 Å². The van der Waals surface area contributed by atoms with Crippen LogP contribution in [0.4, 0.5) is 0 Å². The van der Waals surface area contributed by atoms with Crippen molar-refractivity contribution in [3.05, 3.63) is 86.5 Å². The van der Waals surface area contributed by atoms with Crippen molar-refractivity contribution in [2.75, 3.05) is 5.75 Å². The number of aryl methyl sites for hydroxylation is 2.